The van der Waals surface area contributed by atoms with Crippen LogP contribution in [0.4, 0.5) is 0 Å². The molecule has 0 aromatic carbocycles. The normalized spacial score (nSPS) is 41.8. The molecule has 0 amide bonds. The number of carbonyl (C=O) groups is 1. The van der Waals surface area contributed by atoms with E-state index >= 15 is 0 Å². The van der Waals surface area contributed by atoms with Gasteiger partial charge >= 0.3 is 5.97 Å². The van der Waals surface area contributed by atoms with Crippen LogP contribution in [0.5, 0.6) is 5.88 Å². The molecule has 0 bridgehead atoms. The molecule has 8 rings (SSSR count). The van der Waals surface area contributed by atoms with Gasteiger partial charge in [-0.2, -0.15) is 4.37 Å². The highest BCUT2D eigenvalue weighted by Crippen LogP contribution is 2.76. The van der Waals surface area contributed by atoms with Crippen LogP contribution in [-0.4, -0.2) is 84.5 Å². The van der Waals surface area contributed by atoms with Gasteiger partial charge in [-0.1, -0.05) is 58.9 Å². The van der Waals surface area contributed by atoms with Crippen LogP contribution in [-0.2, 0) is 19.4 Å². The number of carbonyl (C=O) groups excluding carboxylic acids is 1. The maximum Gasteiger partial charge on any atom is 0.315 e. The predicted molar refractivity (Wildman–Crippen MR) is 232 cm³/mol. The first-order chi connectivity index (χ1) is 27.4. The number of rotatable bonds is 11. The highest BCUT2D eigenvalue weighted by Gasteiger charge is 2.70. The van der Waals surface area contributed by atoms with Crippen LogP contribution in [0.1, 0.15) is 126 Å². The van der Waals surface area contributed by atoms with Crippen molar-refractivity contribution in [2.75, 3.05) is 50.9 Å². The van der Waals surface area contributed by atoms with Crippen molar-refractivity contribution in [3.8, 4) is 5.88 Å². The standard InChI is InChI=1S/C47H72N4O5S2/c1-9-55-41(52)46(31-56-39-30-49-57-50-39)19-12-33(13-20-46)35-15-17-43(6)37(42(35,4)5)16-18-45(8)38(43)11-10-36-40-34(32(2)3)14-21-47(40,23-22-44(36,45)7)48-24-25-51-26-28-58(53,54)29-27-51/h12,15,30,34,36-38,40,48H,2,9-11,13-14,16-29,31H2,1,3-8H3/t34-,36?,37?,38?,40?,43-,44+,45+,46?,47-/m0/s1. The molecule has 1 saturated heterocycles. The molecule has 1 aliphatic heterocycles. The summed E-state index contributed by atoms with van der Waals surface area (Å²) in [7, 11) is -2.87. The number of hydrogen-bond donors (Lipinski definition) is 1. The molecule has 9 nitrogen and oxygen atoms in total. The molecule has 4 saturated carbocycles. The Morgan fingerprint density at radius 3 is 2.41 bits per heavy atom. The van der Waals surface area contributed by atoms with E-state index < -0.39 is 15.3 Å². The van der Waals surface area contributed by atoms with E-state index in [-0.39, 0.29) is 39.8 Å². The minimum absolute atomic E-state index is 0.0330. The van der Waals surface area contributed by atoms with Crippen LogP contribution in [0.15, 0.2) is 41.6 Å². The first kappa shape index (κ1) is 42.6. The summed E-state index contributed by atoms with van der Waals surface area (Å²) in [5.74, 6) is 4.00. The van der Waals surface area contributed by atoms with E-state index in [1.807, 2.05) is 6.92 Å². The monoisotopic (exact) mass is 836 g/mol. The number of hydrogen-bond acceptors (Lipinski definition) is 10. The van der Waals surface area contributed by atoms with Crippen LogP contribution in [0, 0.1) is 56.7 Å². The second-order valence-corrected chi connectivity index (χ2v) is 24.1. The molecule has 1 aromatic rings. The van der Waals surface area contributed by atoms with Gasteiger partial charge in [0.25, 0.3) is 0 Å². The summed E-state index contributed by atoms with van der Waals surface area (Å²) in [6.07, 6.45) is 20.0. The molecule has 6 aliphatic carbocycles. The first-order valence-electron chi connectivity index (χ1n) is 22.7. The number of sulfone groups is 1. The highest BCUT2D eigenvalue weighted by atomic mass is 32.2. The molecule has 11 heteroatoms. The number of nitrogens with zero attached hydrogens (tertiary/aromatic N) is 3. The van der Waals surface area contributed by atoms with Crippen LogP contribution >= 0.6 is 11.7 Å². The minimum Gasteiger partial charge on any atom is -0.475 e. The minimum atomic E-state index is -2.87. The molecule has 322 valence electrons. The van der Waals surface area contributed by atoms with E-state index in [1.54, 1.807) is 6.20 Å². The van der Waals surface area contributed by atoms with Crippen molar-refractivity contribution in [2.24, 2.45) is 56.7 Å². The van der Waals surface area contributed by atoms with Gasteiger partial charge in [0.15, 0.2) is 9.84 Å². The summed E-state index contributed by atoms with van der Waals surface area (Å²) in [4.78, 5) is 15.8. The van der Waals surface area contributed by atoms with Gasteiger partial charge in [-0.25, -0.2) is 8.42 Å². The molecule has 1 aromatic heterocycles. The Balaban J connectivity index is 1.02. The van der Waals surface area contributed by atoms with E-state index in [2.05, 4.69) is 79.2 Å². The fraction of sp³-hybridized carbons (Fsp3) is 0.809. The zero-order chi connectivity index (χ0) is 41.4. The third kappa shape index (κ3) is 6.90. The summed E-state index contributed by atoms with van der Waals surface area (Å²) in [5.41, 5.74) is 4.53. The summed E-state index contributed by atoms with van der Waals surface area (Å²) in [6, 6.07) is 0. The smallest absolute Gasteiger partial charge is 0.315 e. The Hall–Kier alpha value is -2.08. The Labute approximate surface area is 353 Å². The van der Waals surface area contributed by atoms with Crippen LogP contribution in [0.2, 0.25) is 0 Å². The topological polar surface area (TPSA) is 111 Å². The number of aromatic nitrogens is 2. The van der Waals surface area contributed by atoms with Crippen molar-refractivity contribution in [2.45, 2.75) is 131 Å². The van der Waals surface area contributed by atoms with Crippen LogP contribution < -0.4 is 10.1 Å². The quantitative estimate of drug-likeness (QED) is 0.173. The molecular weight excluding hydrogens is 765 g/mol. The van der Waals surface area contributed by atoms with Crippen LogP contribution in [0.3, 0.4) is 0 Å². The van der Waals surface area contributed by atoms with Crippen LogP contribution in [0.25, 0.3) is 0 Å². The summed E-state index contributed by atoms with van der Waals surface area (Å²) < 4.78 is 44.1. The fourth-order valence-corrected chi connectivity index (χ4v) is 16.9. The van der Waals surface area contributed by atoms with Crippen molar-refractivity contribution in [1.82, 2.24) is 19.0 Å². The molecule has 1 N–H and O–H groups in total. The lowest BCUT2D eigenvalue weighted by molar-refractivity contribution is -0.221. The van der Waals surface area contributed by atoms with Crippen molar-refractivity contribution in [3.63, 3.8) is 0 Å². The Morgan fingerprint density at radius 2 is 1.74 bits per heavy atom. The van der Waals surface area contributed by atoms with E-state index in [0.29, 0.717) is 79.5 Å². The third-order valence-corrected chi connectivity index (χ3v) is 20.6. The Kier molecular flexibility index (Phi) is 11.3. The van der Waals surface area contributed by atoms with Crippen molar-refractivity contribution >= 4 is 27.5 Å². The average Bonchev–Trinajstić information content (AvgIpc) is 3.84. The van der Waals surface area contributed by atoms with E-state index in [1.165, 1.54) is 68.1 Å². The number of esters is 1. The maximum atomic E-state index is 13.5. The molecule has 58 heavy (non-hydrogen) atoms. The molecule has 2 heterocycles. The predicted octanol–water partition coefficient (Wildman–Crippen LogP) is 8.84. The number of nitrogens with one attached hydrogen (secondary N) is 1. The lowest BCUT2D eigenvalue weighted by Gasteiger charge is -2.72. The second-order valence-electron chi connectivity index (χ2n) is 21.3. The van der Waals surface area contributed by atoms with Gasteiger partial charge in [-0.05, 0) is 153 Å². The molecule has 7 aliphatic rings. The number of allylic oxidation sites excluding steroid dienone is 5. The molecule has 0 radical (unpaired) electrons. The van der Waals surface area contributed by atoms with Gasteiger partial charge < -0.3 is 19.7 Å². The van der Waals surface area contributed by atoms with Gasteiger partial charge in [0.2, 0.25) is 5.88 Å². The molecule has 10 atom stereocenters. The van der Waals surface area contributed by atoms with E-state index in [4.69, 9.17) is 9.47 Å². The van der Waals surface area contributed by atoms with Crippen molar-refractivity contribution in [1.29, 1.82) is 0 Å². The second kappa shape index (κ2) is 15.4. The van der Waals surface area contributed by atoms with Gasteiger partial charge in [0, 0.05) is 31.7 Å². The molecule has 5 fully saturated rings. The SMILES string of the molecule is C=C(C)[C@@H]1CC[C@]2(NCCN3CCS(=O)(=O)CC3)CC[C@]3(C)C(CCC4[C@@]5(C)CC=C(C6=CCC(COc7cnsn7)(C(=O)OCC)CC6)C(C)(C)C5CC[C@]43C)C12. The summed E-state index contributed by atoms with van der Waals surface area (Å²) in [5, 5.41) is 4.23. The molecule has 5 unspecified atom stereocenters. The lowest BCUT2D eigenvalue weighted by Crippen LogP contribution is -2.68. The maximum absolute atomic E-state index is 13.5. The zero-order valence-electron chi connectivity index (χ0n) is 36.7. The summed E-state index contributed by atoms with van der Waals surface area (Å²) in [6.45, 7) is 25.8. The average molecular weight is 837 g/mol. The number of fused-ring (bicyclic) bond motifs is 7. The van der Waals surface area contributed by atoms with Crippen molar-refractivity contribution < 1.29 is 22.7 Å². The largest absolute Gasteiger partial charge is 0.475 e. The zero-order valence-corrected chi connectivity index (χ0v) is 38.3. The van der Waals surface area contributed by atoms with Crippen molar-refractivity contribution in [3.05, 3.63) is 41.6 Å². The highest BCUT2D eigenvalue weighted by molar-refractivity contribution is 7.91. The molecule has 0 spiro atoms. The van der Waals surface area contributed by atoms with E-state index in [9.17, 15) is 13.2 Å². The number of ether oxygens (including phenoxy) is 2. The first-order valence-corrected chi connectivity index (χ1v) is 25.3. The van der Waals surface area contributed by atoms with Gasteiger partial charge in [0.1, 0.15) is 18.2 Å². The van der Waals surface area contributed by atoms with Gasteiger partial charge in [-0.3, -0.25) is 4.79 Å². The van der Waals surface area contributed by atoms with Gasteiger partial charge in [-0.15, -0.1) is 4.37 Å². The lowest BCUT2D eigenvalue weighted by atomic mass is 9.33. The molecular formula is C47H72N4O5S2. The third-order valence-electron chi connectivity index (χ3n) is 18.5. The Morgan fingerprint density at radius 1 is 0.966 bits per heavy atom. The summed E-state index contributed by atoms with van der Waals surface area (Å²) >= 11 is 1.11. The fourth-order valence-electron chi connectivity index (χ4n) is 15.3. The van der Waals surface area contributed by atoms with E-state index in [0.717, 1.165) is 37.7 Å². The Bertz CT molecular complexity index is 1900. The van der Waals surface area contributed by atoms with Gasteiger partial charge in [0.05, 0.1) is 29.8 Å².